The predicted octanol–water partition coefficient (Wildman–Crippen LogP) is 2.00. The van der Waals surface area contributed by atoms with Gasteiger partial charge in [0.25, 0.3) is 0 Å². The molecule has 24 heavy (non-hydrogen) atoms. The van der Waals surface area contributed by atoms with Crippen molar-refractivity contribution in [1.29, 1.82) is 0 Å². The van der Waals surface area contributed by atoms with Gasteiger partial charge in [-0.3, -0.25) is 14.6 Å². The van der Waals surface area contributed by atoms with Crippen molar-refractivity contribution in [3.8, 4) is 0 Å². The predicted molar refractivity (Wildman–Crippen MR) is 91.6 cm³/mol. The highest BCUT2D eigenvalue weighted by Crippen LogP contribution is 2.18. The molecular weight excluding hydrogens is 306 g/mol. The number of para-hydroxylation sites is 1. The van der Waals surface area contributed by atoms with Crippen LogP contribution in [-0.4, -0.2) is 28.0 Å². The van der Waals surface area contributed by atoms with E-state index >= 15 is 0 Å². The number of carbonyl (C=O) groups excluding carboxylic acids is 1. The number of hydrogen-bond donors (Lipinski definition) is 3. The van der Waals surface area contributed by atoms with E-state index in [1.807, 2.05) is 36.4 Å². The SMILES string of the molecule is N[C@@H](CCC(=O)Nc1ccccc1CCc1ccncc1)C(=O)O. The molecule has 2 aromatic rings. The lowest BCUT2D eigenvalue weighted by molar-refractivity contribution is -0.138. The maximum absolute atomic E-state index is 12.0. The van der Waals surface area contributed by atoms with Crippen LogP contribution in [0.5, 0.6) is 0 Å². The van der Waals surface area contributed by atoms with Gasteiger partial charge in [0.05, 0.1) is 0 Å². The molecule has 2 rings (SSSR count). The van der Waals surface area contributed by atoms with E-state index < -0.39 is 12.0 Å². The Labute approximate surface area is 140 Å². The van der Waals surface area contributed by atoms with E-state index in [1.165, 1.54) is 5.56 Å². The zero-order valence-corrected chi connectivity index (χ0v) is 13.3. The number of carboxylic acid groups (broad SMARTS) is 1. The molecule has 1 aromatic heterocycles. The summed E-state index contributed by atoms with van der Waals surface area (Å²) in [6, 6.07) is 10.5. The molecule has 0 radical (unpaired) electrons. The van der Waals surface area contributed by atoms with Crippen LogP contribution in [0.15, 0.2) is 48.8 Å². The van der Waals surface area contributed by atoms with E-state index in [2.05, 4.69) is 10.3 Å². The minimum absolute atomic E-state index is 0.0756. The fourth-order valence-corrected chi connectivity index (χ4v) is 2.31. The second-order valence-electron chi connectivity index (χ2n) is 5.54. The van der Waals surface area contributed by atoms with E-state index in [1.54, 1.807) is 12.4 Å². The molecule has 1 atom stereocenters. The Morgan fingerprint density at radius 2 is 1.83 bits per heavy atom. The number of nitrogens with one attached hydrogen (secondary N) is 1. The molecule has 1 heterocycles. The number of anilines is 1. The third-order valence-electron chi connectivity index (χ3n) is 3.72. The average Bonchev–Trinajstić information content (AvgIpc) is 2.59. The van der Waals surface area contributed by atoms with Crippen molar-refractivity contribution in [2.75, 3.05) is 5.32 Å². The standard InChI is InChI=1S/C18H21N3O3/c19-15(18(23)24)7-8-17(22)21-16-4-2-1-3-14(16)6-5-13-9-11-20-12-10-13/h1-4,9-12,15H,5-8,19H2,(H,21,22)(H,23,24)/t15-/m0/s1. The molecule has 126 valence electrons. The van der Waals surface area contributed by atoms with Crippen LogP contribution < -0.4 is 11.1 Å². The zero-order valence-electron chi connectivity index (χ0n) is 13.3. The number of nitrogens with zero attached hydrogens (tertiary/aromatic N) is 1. The van der Waals surface area contributed by atoms with Gasteiger partial charge in [-0.1, -0.05) is 18.2 Å². The van der Waals surface area contributed by atoms with Crippen molar-refractivity contribution in [2.45, 2.75) is 31.7 Å². The normalized spacial score (nSPS) is 11.7. The molecule has 0 unspecified atom stereocenters. The zero-order chi connectivity index (χ0) is 17.4. The molecule has 0 aliphatic carbocycles. The number of benzene rings is 1. The summed E-state index contributed by atoms with van der Waals surface area (Å²) in [5.74, 6) is -1.33. The van der Waals surface area contributed by atoms with Crippen LogP contribution >= 0.6 is 0 Å². The highest BCUT2D eigenvalue weighted by atomic mass is 16.4. The minimum Gasteiger partial charge on any atom is -0.480 e. The second-order valence-corrected chi connectivity index (χ2v) is 5.54. The first-order chi connectivity index (χ1) is 11.6. The smallest absolute Gasteiger partial charge is 0.320 e. The second kappa shape index (κ2) is 8.79. The first-order valence-electron chi connectivity index (χ1n) is 7.81. The van der Waals surface area contributed by atoms with Crippen LogP contribution in [0, 0.1) is 0 Å². The van der Waals surface area contributed by atoms with E-state index in [0.717, 1.165) is 24.1 Å². The van der Waals surface area contributed by atoms with Crippen molar-refractivity contribution >= 4 is 17.6 Å². The number of carboxylic acids is 1. The van der Waals surface area contributed by atoms with E-state index in [4.69, 9.17) is 10.8 Å². The first-order valence-corrected chi connectivity index (χ1v) is 7.81. The molecule has 1 amide bonds. The molecule has 0 fully saturated rings. The largest absolute Gasteiger partial charge is 0.480 e. The van der Waals surface area contributed by atoms with Crippen LogP contribution in [0.3, 0.4) is 0 Å². The van der Waals surface area contributed by atoms with Gasteiger partial charge in [-0.2, -0.15) is 0 Å². The number of amides is 1. The highest BCUT2D eigenvalue weighted by molar-refractivity contribution is 5.91. The molecule has 6 nitrogen and oxygen atoms in total. The van der Waals surface area contributed by atoms with E-state index in [0.29, 0.717) is 0 Å². The summed E-state index contributed by atoms with van der Waals surface area (Å²) in [5, 5.41) is 11.6. The summed E-state index contributed by atoms with van der Waals surface area (Å²) in [6.07, 6.45) is 5.34. The fraction of sp³-hybridized carbons (Fsp3) is 0.278. The summed E-state index contributed by atoms with van der Waals surface area (Å²) in [4.78, 5) is 26.7. The van der Waals surface area contributed by atoms with Crippen molar-refractivity contribution in [2.24, 2.45) is 5.73 Å². The number of pyridine rings is 1. The fourth-order valence-electron chi connectivity index (χ4n) is 2.31. The lowest BCUT2D eigenvalue weighted by Gasteiger charge is -2.12. The monoisotopic (exact) mass is 327 g/mol. The maximum Gasteiger partial charge on any atom is 0.320 e. The molecule has 0 spiro atoms. The number of aliphatic carboxylic acids is 1. The summed E-state index contributed by atoms with van der Waals surface area (Å²) < 4.78 is 0. The number of rotatable bonds is 8. The van der Waals surface area contributed by atoms with E-state index in [-0.39, 0.29) is 18.7 Å². The molecule has 0 aliphatic heterocycles. The highest BCUT2D eigenvalue weighted by Gasteiger charge is 2.14. The number of hydrogen-bond acceptors (Lipinski definition) is 4. The quantitative estimate of drug-likeness (QED) is 0.687. The Bertz CT molecular complexity index is 689. The molecular formula is C18H21N3O3. The Morgan fingerprint density at radius 3 is 2.54 bits per heavy atom. The molecule has 0 aliphatic rings. The summed E-state index contributed by atoms with van der Waals surface area (Å²) in [7, 11) is 0. The summed E-state index contributed by atoms with van der Waals surface area (Å²) >= 11 is 0. The van der Waals surface area contributed by atoms with Gasteiger partial charge in [0, 0.05) is 24.5 Å². The van der Waals surface area contributed by atoms with Gasteiger partial charge in [0.1, 0.15) is 6.04 Å². The van der Waals surface area contributed by atoms with Crippen LogP contribution in [0.25, 0.3) is 0 Å². The maximum atomic E-state index is 12.0. The van der Waals surface area contributed by atoms with Gasteiger partial charge in [0.2, 0.25) is 5.91 Å². The van der Waals surface area contributed by atoms with Crippen molar-refractivity contribution in [3.05, 3.63) is 59.9 Å². The van der Waals surface area contributed by atoms with Crippen molar-refractivity contribution in [1.82, 2.24) is 4.98 Å². The minimum atomic E-state index is -1.10. The topological polar surface area (TPSA) is 105 Å². The van der Waals surface area contributed by atoms with Gasteiger partial charge in [-0.05, 0) is 48.6 Å². The van der Waals surface area contributed by atoms with Crippen LogP contribution in [-0.2, 0) is 22.4 Å². The third kappa shape index (κ3) is 5.48. The Morgan fingerprint density at radius 1 is 1.12 bits per heavy atom. The Hall–Kier alpha value is -2.73. The van der Waals surface area contributed by atoms with Gasteiger partial charge in [-0.15, -0.1) is 0 Å². The van der Waals surface area contributed by atoms with Gasteiger partial charge >= 0.3 is 5.97 Å². The third-order valence-corrected chi connectivity index (χ3v) is 3.72. The number of aryl methyl sites for hydroxylation is 2. The van der Waals surface area contributed by atoms with Crippen LogP contribution in [0.2, 0.25) is 0 Å². The molecule has 0 saturated carbocycles. The number of nitrogens with two attached hydrogens (primary N) is 1. The average molecular weight is 327 g/mol. The molecule has 0 saturated heterocycles. The lowest BCUT2D eigenvalue weighted by Crippen LogP contribution is -2.31. The Kier molecular flexibility index (Phi) is 6.45. The van der Waals surface area contributed by atoms with Crippen molar-refractivity contribution in [3.63, 3.8) is 0 Å². The van der Waals surface area contributed by atoms with Gasteiger partial charge in [-0.25, -0.2) is 0 Å². The van der Waals surface area contributed by atoms with Crippen LogP contribution in [0.4, 0.5) is 5.69 Å². The lowest BCUT2D eigenvalue weighted by atomic mass is 10.0. The van der Waals surface area contributed by atoms with Gasteiger partial charge in [0.15, 0.2) is 0 Å². The number of carbonyl (C=O) groups is 2. The van der Waals surface area contributed by atoms with Gasteiger partial charge < -0.3 is 16.2 Å². The molecule has 6 heteroatoms. The van der Waals surface area contributed by atoms with Crippen LogP contribution in [0.1, 0.15) is 24.0 Å². The summed E-state index contributed by atoms with van der Waals surface area (Å²) in [5.41, 5.74) is 8.38. The molecule has 1 aromatic carbocycles. The first kappa shape index (κ1) is 17.6. The Balaban J connectivity index is 1.93. The molecule has 0 bridgehead atoms. The van der Waals surface area contributed by atoms with E-state index in [9.17, 15) is 9.59 Å². The number of aromatic nitrogens is 1. The summed E-state index contributed by atoms with van der Waals surface area (Å²) in [6.45, 7) is 0. The van der Waals surface area contributed by atoms with Crippen molar-refractivity contribution < 1.29 is 14.7 Å². The molecule has 4 N–H and O–H groups in total.